The molecule has 6 heteroatoms. The quantitative estimate of drug-likeness (QED) is 0.892. The van der Waals surface area contributed by atoms with Crippen LogP contribution in [0.15, 0.2) is 30.3 Å². The zero-order valence-electron chi connectivity index (χ0n) is 15.8. The first-order valence-corrected chi connectivity index (χ1v) is 9.25. The lowest BCUT2D eigenvalue weighted by atomic mass is 9.93. The first-order chi connectivity index (χ1) is 12.5. The average Bonchev–Trinajstić information content (AvgIpc) is 3.03. The third-order valence-electron chi connectivity index (χ3n) is 5.20. The monoisotopic (exact) mass is 356 g/mol. The van der Waals surface area contributed by atoms with E-state index in [0.29, 0.717) is 38.0 Å². The van der Waals surface area contributed by atoms with Crippen LogP contribution in [0.2, 0.25) is 0 Å². The van der Waals surface area contributed by atoms with Crippen molar-refractivity contribution < 1.29 is 9.53 Å². The second-order valence-corrected chi connectivity index (χ2v) is 7.21. The molecule has 0 aliphatic carbocycles. The van der Waals surface area contributed by atoms with Crippen LogP contribution in [0.1, 0.15) is 49.5 Å². The van der Waals surface area contributed by atoms with Gasteiger partial charge in [0.15, 0.2) is 0 Å². The number of hydrogen-bond donors (Lipinski definition) is 1. The van der Waals surface area contributed by atoms with E-state index in [9.17, 15) is 4.79 Å². The highest BCUT2D eigenvalue weighted by molar-refractivity contribution is 5.67. The number of aromatic nitrogens is 2. The molecular formula is C20H28N4O2. The fourth-order valence-corrected chi connectivity index (χ4v) is 3.27. The van der Waals surface area contributed by atoms with E-state index in [1.807, 2.05) is 30.3 Å². The molecule has 26 heavy (non-hydrogen) atoms. The van der Waals surface area contributed by atoms with E-state index in [0.717, 1.165) is 22.8 Å². The fourth-order valence-electron chi connectivity index (χ4n) is 3.27. The van der Waals surface area contributed by atoms with Crippen LogP contribution >= 0.6 is 0 Å². The summed E-state index contributed by atoms with van der Waals surface area (Å²) in [6, 6.07) is 9.71. The number of fused-ring (bicyclic) bond motifs is 1. The van der Waals surface area contributed by atoms with Gasteiger partial charge in [0.25, 0.3) is 0 Å². The van der Waals surface area contributed by atoms with Crippen molar-refractivity contribution in [1.82, 2.24) is 14.5 Å². The van der Waals surface area contributed by atoms with Crippen molar-refractivity contribution in [1.29, 1.82) is 0 Å². The molecule has 1 aliphatic heterocycles. The van der Waals surface area contributed by atoms with Crippen molar-refractivity contribution in [2.24, 2.45) is 11.7 Å². The first kappa shape index (κ1) is 18.5. The lowest BCUT2D eigenvalue weighted by Crippen LogP contribution is -2.39. The summed E-state index contributed by atoms with van der Waals surface area (Å²) in [5, 5.41) is 0. The van der Waals surface area contributed by atoms with Gasteiger partial charge in [-0.2, -0.15) is 0 Å². The minimum Gasteiger partial charge on any atom is -0.445 e. The smallest absolute Gasteiger partial charge is 0.410 e. The molecule has 1 atom stereocenters. The van der Waals surface area contributed by atoms with E-state index < -0.39 is 0 Å². The Hall–Kier alpha value is -2.34. The van der Waals surface area contributed by atoms with Gasteiger partial charge < -0.3 is 15.0 Å². The van der Waals surface area contributed by atoms with Crippen LogP contribution < -0.4 is 5.73 Å². The Kier molecular flexibility index (Phi) is 5.61. The largest absolute Gasteiger partial charge is 0.445 e. The molecule has 2 aromatic rings. The SMILES string of the molecule is CC(C)[C@H](C)c1nc2n(c1CN)CCN(C(=O)OCc1ccccc1)C2. The number of ether oxygens (including phenoxy) is 1. The lowest BCUT2D eigenvalue weighted by molar-refractivity contribution is 0.0859. The van der Waals surface area contributed by atoms with Crippen molar-refractivity contribution in [3.05, 3.63) is 53.1 Å². The molecule has 0 radical (unpaired) electrons. The summed E-state index contributed by atoms with van der Waals surface area (Å²) in [4.78, 5) is 19.0. The molecule has 0 saturated carbocycles. The molecule has 1 aromatic heterocycles. The van der Waals surface area contributed by atoms with Gasteiger partial charge in [0, 0.05) is 25.6 Å². The molecular weight excluding hydrogens is 328 g/mol. The predicted octanol–water partition coefficient (Wildman–Crippen LogP) is 3.25. The Balaban J connectivity index is 1.70. The third-order valence-corrected chi connectivity index (χ3v) is 5.20. The van der Waals surface area contributed by atoms with Crippen LogP contribution in [0.4, 0.5) is 4.79 Å². The van der Waals surface area contributed by atoms with Gasteiger partial charge in [-0.15, -0.1) is 0 Å². The van der Waals surface area contributed by atoms with Gasteiger partial charge in [0.2, 0.25) is 0 Å². The first-order valence-electron chi connectivity index (χ1n) is 9.25. The topological polar surface area (TPSA) is 73.4 Å². The highest BCUT2D eigenvalue weighted by atomic mass is 16.6. The van der Waals surface area contributed by atoms with Gasteiger partial charge in [-0.1, -0.05) is 51.1 Å². The normalized spacial score (nSPS) is 15.0. The second-order valence-electron chi connectivity index (χ2n) is 7.21. The van der Waals surface area contributed by atoms with E-state index >= 15 is 0 Å². The van der Waals surface area contributed by atoms with Gasteiger partial charge >= 0.3 is 6.09 Å². The highest BCUT2D eigenvalue weighted by Gasteiger charge is 2.28. The maximum Gasteiger partial charge on any atom is 0.410 e. The number of benzene rings is 1. The Bertz CT molecular complexity index is 755. The molecule has 0 bridgehead atoms. The summed E-state index contributed by atoms with van der Waals surface area (Å²) in [6.45, 7) is 9.11. The maximum absolute atomic E-state index is 12.4. The van der Waals surface area contributed by atoms with Crippen molar-refractivity contribution in [3.8, 4) is 0 Å². The van der Waals surface area contributed by atoms with Gasteiger partial charge in [0.05, 0.1) is 17.9 Å². The van der Waals surface area contributed by atoms with Crippen LogP contribution in [0.25, 0.3) is 0 Å². The number of amides is 1. The zero-order valence-corrected chi connectivity index (χ0v) is 15.8. The number of carbonyl (C=O) groups excluding carboxylic acids is 1. The third kappa shape index (κ3) is 3.75. The number of nitrogens with two attached hydrogens (primary N) is 1. The summed E-state index contributed by atoms with van der Waals surface area (Å²) in [5.41, 5.74) is 9.14. The van der Waals surface area contributed by atoms with Crippen LogP contribution in [-0.4, -0.2) is 27.1 Å². The predicted molar refractivity (Wildman–Crippen MR) is 100 cm³/mol. The van der Waals surface area contributed by atoms with Gasteiger partial charge in [-0.25, -0.2) is 9.78 Å². The summed E-state index contributed by atoms with van der Waals surface area (Å²) in [5.74, 6) is 1.73. The van der Waals surface area contributed by atoms with E-state index in [1.165, 1.54) is 0 Å². The number of hydrogen-bond acceptors (Lipinski definition) is 4. The summed E-state index contributed by atoms with van der Waals surface area (Å²) in [6.07, 6.45) is -0.296. The Morgan fingerprint density at radius 1 is 1.23 bits per heavy atom. The zero-order chi connectivity index (χ0) is 18.7. The standard InChI is InChI=1S/C20H28N4O2/c1-14(2)15(3)19-17(11-21)24-10-9-23(12-18(24)22-19)20(25)26-13-16-7-5-4-6-8-16/h4-8,14-15H,9-13,21H2,1-3H3/t15-/m0/s1. The molecule has 140 valence electrons. The number of imidazole rings is 1. The average molecular weight is 356 g/mol. The minimum absolute atomic E-state index is 0.286. The van der Waals surface area contributed by atoms with Gasteiger partial charge in [0.1, 0.15) is 12.4 Å². The Morgan fingerprint density at radius 3 is 2.62 bits per heavy atom. The molecule has 0 saturated heterocycles. The lowest BCUT2D eigenvalue weighted by Gasteiger charge is -2.27. The van der Waals surface area contributed by atoms with Crippen molar-refractivity contribution in [3.63, 3.8) is 0 Å². The Morgan fingerprint density at radius 2 is 1.96 bits per heavy atom. The van der Waals surface area contributed by atoms with Gasteiger partial charge in [-0.05, 0) is 11.5 Å². The summed E-state index contributed by atoms with van der Waals surface area (Å²) in [7, 11) is 0. The van der Waals surface area contributed by atoms with E-state index in [1.54, 1.807) is 4.90 Å². The van der Waals surface area contributed by atoms with Gasteiger partial charge in [-0.3, -0.25) is 4.90 Å². The van der Waals surface area contributed by atoms with Crippen LogP contribution in [0.3, 0.4) is 0 Å². The van der Waals surface area contributed by atoms with Crippen molar-refractivity contribution in [2.75, 3.05) is 6.54 Å². The maximum atomic E-state index is 12.4. The molecule has 6 nitrogen and oxygen atoms in total. The van der Waals surface area contributed by atoms with Crippen molar-refractivity contribution >= 4 is 6.09 Å². The summed E-state index contributed by atoms with van der Waals surface area (Å²) < 4.78 is 7.63. The molecule has 0 fully saturated rings. The molecule has 0 spiro atoms. The van der Waals surface area contributed by atoms with Crippen LogP contribution in [-0.2, 0) is 31.0 Å². The molecule has 0 unspecified atom stereocenters. The number of rotatable bonds is 5. The minimum atomic E-state index is -0.296. The number of nitrogens with zero attached hydrogens (tertiary/aromatic N) is 3. The van der Waals surface area contributed by atoms with Crippen molar-refractivity contribution in [2.45, 2.75) is 52.9 Å². The molecule has 1 aliphatic rings. The van der Waals surface area contributed by atoms with Crippen LogP contribution in [0, 0.1) is 5.92 Å². The van der Waals surface area contributed by atoms with Crippen LogP contribution in [0.5, 0.6) is 0 Å². The molecule has 1 amide bonds. The molecule has 1 aromatic carbocycles. The Labute approximate surface area is 155 Å². The summed E-state index contributed by atoms with van der Waals surface area (Å²) >= 11 is 0. The van der Waals surface area contributed by atoms with E-state index in [2.05, 4.69) is 25.3 Å². The molecule has 2 N–H and O–H groups in total. The fraction of sp³-hybridized carbons (Fsp3) is 0.500. The molecule has 3 rings (SSSR count). The second kappa shape index (κ2) is 7.91. The van der Waals surface area contributed by atoms with E-state index in [4.69, 9.17) is 15.5 Å². The van der Waals surface area contributed by atoms with E-state index in [-0.39, 0.29) is 12.7 Å². The molecule has 2 heterocycles. The highest BCUT2D eigenvalue weighted by Crippen LogP contribution is 2.28. The number of carbonyl (C=O) groups is 1.